The second kappa shape index (κ2) is 10.9. The molecule has 2 aliphatic heterocycles. The van der Waals surface area contributed by atoms with Crippen molar-refractivity contribution in [1.29, 1.82) is 0 Å². The summed E-state index contributed by atoms with van der Waals surface area (Å²) in [4.78, 5) is 29.6. The first-order valence-electron chi connectivity index (χ1n) is 12.4. The highest BCUT2D eigenvalue weighted by Gasteiger charge is 2.52. The molecule has 4 rings (SSSR count). The molecule has 0 radical (unpaired) electrons. The van der Waals surface area contributed by atoms with E-state index < -0.39 is 17.4 Å². The van der Waals surface area contributed by atoms with Crippen LogP contribution in [0, 0.1) is 5.92 Å². The zero-order chi connectivity index (χ0) is 25.0. The van der Waals surface area contributed by atoms with Crippen molar-refractivity contribution in [1.82, 2.24) is 0 Å². The van der Waals surface area contributed by atoms with Gasteiger partial charge in [0.05, 0.1) is 12.2 Å². The summed E-state index contributed by atoms with van der Waals surface area (Å²) < 4.78 is 0. The fourth-order valence-corrected chi connectivity index (χ4v) is 5.16. The minimum absolute atomic E-state index is 0.00313. The van der Waals surface area contributed by atoms with E-state index >= 15 is 0 Å². The Kier molecular flexibility index (Phi) is 7.95. The predicted octanol–water partition coefficient (Wildman–Crippen LogP) is 4.95. The van der Waals surface area contributed by atoms with Crippen LogP contribution in [-0.2, 0) is 21.7 Å². The van der Waals surface area contributed by atoms with Crippen LogP contribution in [0.1, 0.15) is 56.6 Å². The Bertz CT molecular complexity index is 1100. The topological polar surface area (TPSA) is 81.1 Å². The lowest BCUT2D eigenvalue weighted by Gasteiger charge is -2.28. The number of aliphatic hydroxyl groups excluding tert-OH is 1. The van der Waals surface area contributed by atoms with Crippen molar-refractivity contribution in [3.63, 3.8) is 0 Å². The molecule has 35 heavy (non-hydrogen) atoms. The predicted molar refractivity (Wildman–Crippen MR) is 138 cm³/mol. The zero-order valence-corrected chi connectivity index (χ0v) is 20.9. The number of carbonyl (C=O) groups excluding carboxylic acids is 2. The maximum Gasteiger partial charge on any atom is 0.264 e. The minimum atomic E-state index is -1.75. The summed E-state index contributed by atoms with van der Waals surface area (Å²) in [6, 6.07) is 12.9. The summed E-state index contributed by atoms with van der Waals surface area (Å²) in [5.74, 6) is -0.755. The number of aliphatic hydroxyl groups is 2. The average molecular weight is 497 g/mol. The van der Waals surface area contributed by atoms with Gasteiger partial charge in [-0.25, -0.2) is 0 Å². The van der Waals surface area contributed by atoms with Gasteiger partial charge in [0, 0.05) is 41.8 Å². The van der Waals surface area contributed by atoms with Crippen LogP contribution in [0.5, 0.6) is 0 Å². The molecule has 186 valence electrons. The fourth-order valence-electron chi connectivity index (χ4n) is 4.99. The Morgan fingerprint density at radius 1 is 1.09 bits per heavy atom. The minimum Gasteiger partial charge on any atom is -0.396 e. The third kappa shape index (κ3) is 5.15. The van der Waals surface area contributed by atoms with E-state index in [1.54, 1.807) is 42.2 Å². The molecule has 2 aromatic carbocycles. The number of halogens is 1. The molecule has 1 fully saturated rings. The lowest BCUT2D eigenvalue weighted by Crippen LogP contribution is -2.44. The number of fused-ring (bicyclic) bond motifs is 1. The number of amides is 2. The molecule has 2 aliphatic rings. The monoisotopic (exact) mass is 496 g/mol. The number of nitrogens with zero attached hydrogens (tertiary/aromatic N) is 2. The van der Waals surface area contributed by atoms with Crippen molar-refractivity contribution < 1.29 is 19.8 Å². The van der Waals surface area contributed by atoms with Crippen molar-refractivity contribution >= 4 is 34.8 Å². The first-order chi connectivity index (χ1) is 16.9. The van der Waals surface area contributed by atoms with E-state index in [-0.39, 0.29) is 19.1 Å². The Labute approximate surface area is 211 Å². The highest BCUT2D eigenvalue weighted by atomic mass is 35.5. The van der Waals surface area contributed by atoms with Gasteiger partial charge in [0.25, 0.3) is 5.91 Å². The van der Waals surface area contributed by atoms with Gasteiger partial charge in [0.2, 0.25) is 5.91 Å². The molecule has 7 heteroatoms. The van der Waals surface area contributed by atoms with Crippen molar-refractivity contribution in [3.8, 4) is 0 Å². The molecule has 2 atom stereocenters. The van der Waals surface area contributed by atoms with E-state index in [0.29, 0.717) is 29.1 Å². The fraction of sp³-hybridized carbons (Fsp3) is 0.429. The van der Waals surface area contributed by atoms with E-state index in [1.807, 2.05) is 29.2 Å². The van der Waals surface area contributed by atoms with E-state index in [2.05, 4.69) is 0 Å². The average Bonchev–Trinajstić information content (AvgIpc) is 3.05. The molecule has 2 heterocycles. The van der Waals surface area contributed by atoms with Gasteiger partial charge in [-0.3, -0.25) is 9.59 Å². The second-order valence-electron chi connectivity index (χ2n) is 9.42. The number of rotatable bonds is 7. The Hall–Kier alpha value is -2.67. The molecule has 2 amide bonds. The molecule has 0 aromatic heterocycles. The van der Waals surface area contributed by atoms with Crippen LogP contribution < -0.4 is 9.80 Å². The Balaban J connectivity index is 1.58. The van der Waals surface area contributed by atoms with Gasteiger partial charge in [-0.1, -0.05) is 55.7 Å². The van der Waals surface area contributed by atoms with Crippen LogP contribution in [0.4, 0.5) is 11.4 Å². The van der Waals surface area contributed by atoms with Crippen LogP contribution in [0.2, 0.25) is 5.02 Å². The lowest BCUT2D eigenvalue weighted by atomic mass is 9.83. The SMILES string of the molecule is C[C@@H](/C=C/CCO)[C@]1(O)C(=O)N(Cc2ccc(N3CCCCCCC3=O)cc2)c2ccc(Cl)cc21. The van der Waals surface area contributed by atoms with E-state index in [0.717, 1.165) is 43.5 Å². The number of anilines is 2. The summed E-state index contributed by atoms with van der Waals surface area (Å²) in [7, 11) is 0. The highest BCUT2D eigenvalue weighted by Crippen LogP contribution is 2.46. The molecule has 0 saturated carbocycles. The van der Waals surface area contributed by atoms with Gasteiger partial charge in [0.15, 0.2) is 5.60 Å². The van der Waals surface area contributed by atoms with Gasteiger partial charge >= 0.3 is 0 Å². The van der Waals surface area contributed by atoms with Gasteiger partial charge < -0.3 is 20.0 Å². The van der Waals surface area contributed by atoms with Crippen molar-refractivity contribution in [2.75, 3.05) is 23.0 Å². The van der Waals surface area contributed by atoms with Crippen LogP contribution in [0.15, 0.2) is 54.6 Å². The van der Waals surface area contributed by atoms with Crippen LogP contribution in [0.3, 0.4) is 0 Å². The van der Waals surface area contributed by atoms with Crippen LogP contribution in [0.25, 0.3) is 0 Å². The zero-order valence-electron chi connectivity index (χ0n) is 20.1. The smallest absolute Gasteiger partial charge is 0.264 e. The van der Waals surface area contributed by atoms with E-state index in [4.69, 9.17) is 16.7 Å². The second-order valence-corrected chi connectivity index (χ2v) is 9.86. The van der Waals surface area contributed by atoms with Gasteiger partial charge in [-0.2, -0.15) is 0 Å². The van der Waals surface area contributed by atoms with Crippen molar-refractivity contribution in [2.45, 2.75) is 57.6 Å². The van der Waals surface area contributed by atoms with Crippen LogP contribution >= 0.6 is 11.6 Å². The molecule has 1 saturated heterocycles. The summed E-state index contributed by atoms with van der Waals surface area (Å²) in [5.41, 5.74) is 1.14. The number of carbonyl (C=O) groups is 2. The molecule has 0 unspecified atom stereocenters. The number of hydrogen-bond donors (Lipinski definition) is 2. The molecular formula is C28H33ClN2O4. The maximum absolute atomic E-state index is 13.6. The third-order valence-corrected chi connectivity index (χ3v) is 7.26. The molecule has 0 spiro atoms. The normalized spacial score (nSPS) is 21.8. The van der Waals surface area contributed by atoms with E-state index in [9.17, 15) is 14.7 Å². The standard InChI is InChI=1S/C28H33ClN2O4/c1-20(8-5-7-17-32)28(35)24-18-22(29)12-15-25(24)31(27(28)34)19-21-10-13-23(14-11-21)30-16-6-3-2-4-9-26(30)33/h5,8,10-15,18,20,32,35H,2-4,6-7,9,16-17,19H2,1H3/b8-5+/t20-,28+/m0/s1. The largest absolute Gasteiger partial charge is 0.396 e. The Morgan fingerprint density at radius 2 is 1.83 bits per heavy atom. The molecule has 2 N–H and O–H groups in total. The third-order valence-electron chi connectivity index (χ3n) is 7.02. The molecular weight excluding hydrogens is 464 g/mol. The van der Waals surface area contributed by atoms with Gasteiger partial charge in [-0.15, -0.1) is 0 Å². The molecule has 6 nitrogen and oxygen atoms in total. The molecule has 2 aromatic rings. The quantitative estimate of drug-likeness (QED) is 0.532. The first-order valence-corrected chi connectivity index (χ1v) is 12.7. The first kappa shape index (κ1) is 25.4. The summed E-state index contributed by atoms with van der Waals surface area (Å²) >= 11 is 6.24. The maximum atomic E-state index is 13.6. The highest BCUT2D eigenvalue weighted by molar-refractivity contribution is 6.31. The molecule has 0 bridgehead atoms. The van der Waals surface area contributed by atoms with Gasteiger partial charge in [-0.05, 0) is 55.2 Å². The van der Waals surface area contributed by atoms with Crippen molar-refractivity contribution in [3.05, 3.63) is 70.8 Å². The van der Waals surface area contributed by atoms with Crippen molar-refractivity contribution in [2.24, 2.45) is 5.92 Å². The van der Waals surface area contributed by atoms with Crippen LogP contribution in [-0.4, -0.2) is 35.2 Å². The Morgan fingerprint density at radius 3 is 2.57 bits per heavy atom. The molecule has 0 aliphatic carbocycles. The summed E-state index contributed by atoms with van der Waals surface area (Å²) in [6.45, 7) is 2.81. The number of hydrogen-bond acceptors (Lipinski definition) is 4. The van der Waals surface area contributed by atoms with Gasteiger partial charge in [0.1, 0.15) is 0 Å². The summed E-state index contributed by atoms with van der Waals surface area (Å²) in [5, 5.41) is 21.2. The lowest BCUT2D eigenvalue weighted by molar-refractivity contribution is -0.139. The van der Waals surface area contributed by atoms with E-state index in [1.165, 1.54) is 0 Å². The summed E-state index contributed by atoms with van der Waals surface area (Å²) in [6.07, 6.45) is 8.74. The number of benzene rings is 2.